The molecule has 4 heteroatoms. The number of carbonyl (C=O) groups is 1. The number of methoxy groups -OCH3 is 1. The lowest BCUT2D eigenvalue weighted by Crippen LogP contribution is -2.58. The maximum atomic E-state index is 11.6. The minimum Gasteiger partial charge on any atom is -0.469 e. The van der Waals surface area contributed by atoms with E-state index in [1.54, 1.807) is 0 Å². The lowest BCUT2D eigenvalue weighted by molar-refractivity contribution is -0.175. The molecular weight excluding hydrogens is 364 g/mol. The molecule has 4 rings (SSSR count). The summed E-state index contributed by atoms with van der Waals surface area (Å²) in [6, 6.07) is 0. The third-order valence-electron chi connectivity index (χ3n) is 10.5. The summed E-state index contributed by atoms with van der Waals surface area (Å²) in [6.07, 6.45) is 9.86. The van der Waals surface area contributed by atoms with Gasteiger partial charge in [-0.1, -0.05) is 20.8 Å². The molecule has 0 unspecified atom stereocenters. The highest BCUT2D eigenvalue weighted by Gasteiger charge is 2.63. The number of aliphatic hydroxyl groups excluding tert-OH is 2. The van der Waals surface area contributed by atoms with E-state index in [9.17, 15) is 15.0 Å². The van der Waals surface area contributed by atoms with Crippen LogP contribution in [0, 0.1) is 46.3 Å². The van der Waals surface area contributed by atoms with E-state index in [4.69, 9.17) is 4.74 Å². The fourth-order valence-electron chi connectivity index (χ4n) is 8.81. The summed E-state index contributed by atoms with van der Waals surface area (Å²) in [5.74, 6) is 3.36. The van der Waals surface area contributed by atoms with Crippen molar-refractivity contribution in [2.45, 2.75) is 97.2 Å². The first-order chi connectivity index (χ1) is 13.7. The number of ether oxygens (including phenoxy) is 1. The van der Waals surface area contributed by atoms with E-state index in [0.29, 0.717) is 41.4 Å². The molecule has 0 aromatic rings. The molecule has 0 bridgehead atoms. The monoisotopic (exact) mass is 406 g/mol. The molecular formula is C25H42O4. The molecule has 0 aromatic carbocycles. The number of esters is 1. The van der Waals surface area contributed by atoms with Crippen LogP contribution in [0.3, 0.4) is 0 Å². The Morgan fingerprint density at radius 2 is 1.83 bits per heavy atom. The highest BCUT2D eigenvalue weighted by Crippen LogP contribution is 2.68. The van der Waals surface area contributed by atoms with Gasteiger partial charge in [-0.25, -0.2) is 0 Å². The van der Waals surface area contributed by atoms with E-state index in [0.717, 1.165) is 38.0 Å². The Balaban J connectivity index is 1.53. The van der Waals surface area contributed by atoms with Crippen LogP contribution in [0.2, 0.25) is 0 Å². The third kappa shape index (κ3) is 3.37. The average Bonchev–Trinajstić information content (AvgIpc) is 3.06. The van der Waals surface area contributed by atoms with Crippen LogP contribution in [0.1, 0.15) is 85.0 Å². The van der Waals surface area contributed by atoms with E-state index in [2.05, 4.69) is 20.8 Å². The molecule has 0 spiro atoms. The van der Waals surface area contributed by atoms with Crippen molar-refractivity contribution in [3.05, 3.63) is 0 Å². The second-order valence-electron chi connectivity index (χ2n) is 11.5. The summed E-state index contributed by atoms with van der Waals surface area (Å²) in [5.41, 5.74) is 0.271. The van der Waals surface area contributed by atoms with Crippen LogP contribution in [-0.4, -0.2) is 35.5 Å². The molecule has 166 valence electrons. The molecule has 4 saturated carbocycles. The summed E-state index contributed by atoms with van der Waals surface area (Å²) in [7, 11) is 1.46. The predicted octanol–water partition coefficient (Wildman–Crippen LogP) is 4.57. The predicted molar refractivity (Wildman–Crippen MR) is 113 cm³/mol. The Morgan fingerprint density at radius 3 is 2.55 bits per heavy atom. The second-order valence-corrected chi connectivity index (χ2v) is 11.5. The fraction of sp³-hybridized carbons (Fsp3) is 0.960. The fourth-order valence-corrected chi connectivity index (χ4v) is 8.81. The molecule has 4 aliphatic carbocycles. The van der Waals surface area contributed by atoms with Crippen molar-refractivity contribution in [1.29, 1.82) is 0 Å². The first-order valence-corrected chi connectivity index (χ1v) is 12.1. The number of aliphatic hydroxyl groups is 2. The number of rotatable bonds is 4. The van der Waals surface area contributed by atoms with Gasteiger partial charge in [0, 0.05) is 6.42 Å². The Bertz CT molecular complexity index is 620. The van der Waals surface area contributed by atoms with Gasteiger partial charge < -0.3 is 14.9 Å². The van der Waals surface area contributed by atoms with E-state index >= 15 is 0 Å². The zero-order chi connectivity index (χ0) is 21.0. The van der Waals surface area contributed by atoms with Crippen molar-refractivity contribution in [2.24, 2.45) is 46.3 Å². The minimum atomic E-state index is -0.246. The van der Waals surface area contributed by atoms with Crippen molar-refractivity contribution < 1.29 is 19.7 Å². The molecule has 0 amide bonds. The zero-order valence-corrected chi connectivity index (χ0v) is 18.9. The molecule has 0 heterocycles. The van der Waals surface area contributed by atoms with Gasteiger partial charge in [0.15, 0.2) is 0 Å². The van der Waals surface area contributed by atoms with Crippen molar-refractivity contribution in [1.82, 2.24) is 0 Å². The van der Waals surface area contributed by atoms with Gasteiger partial charge in [0.05, 0.1) is 19.3 Å². The molecule has 0 aliphatic heterocycles. The van der Waals surface area contributed by atoms with Crippen LogP contribution in [0.25, 0.3) is 0 Å². The molecule has 10 atom stereocenters. The Morgan fingerprint density at radius 1 is 1.07 bits per heavy atom. The highest BCUT2D eigenvalue weighted by atomic mass is 16.5. The van der Waals surface area contributed by atoms with Crippen LogP contribution >= 0.6 is 0 Å². The summed E-state index contributed by atoms with van der Waals surface area (Å²) >= 11 is 0. The number of carbonyl (C=O) groups excluding carboxylic acids is 1. The van der Waals surface area contributed by atoms with Gasteiger partial charge in [-0.15, -0.1) is 0 Å². The van der Waals surface area contributed by atoms with Gasteiger partial charge in [0.25, 0.3) is 0 Å². The molecule has 4 nitrogen and oxygen atoms in total. The Kier molecular flexibility index (Phi) is 5.83. The normalized spacial score (nSPS) is 50.2. The smallest absolute Gasteiger partial charge is 0.305 e. The van der Waals surface area contributed by atoms with Gasteiger partial charge in [0.2, 0.25) is 0 Å². The van der Waals surface area contributed by atoms with Crippen molar-refractivity contribution in [2.75, 3.05) is 7.11 Å². The lowest BCUT2D eigenvalue weighted by Gasteiger charge is -2.62. The largest absolute Gasteiger partial charge is 0.469 e. The first-order valence-electron chi connectivity index (χ1n) is 12.1. The van der Waals surface area contributed by atoms with Crippen LogP contribution in [-0.2, 0) is 9.53 Å². The second kappa shape index (κ2) is 7.82. The van der Waals surface area contributed by atoms with E-state index in [-0.39, 0.29) is 23.6 Å². The molecule has 4 fully saturated rings. The van der Waals surface area contributed by atoms with Gasteiger partial charge in [-0.05, 0) is 104 Å². The van der Waals surface area contributed by atoms with E-state index in [1.165, 1.54) is 32.8 Å². The standard InChI is InChI=1S/C25H42O4/c1-15(5-10-23(28)29-4)19-8-9-20-18-7-6-16-13-17(26)11-12-24(16,2)21(18)14-22(27)25(19,20)3/h15-22,26-27H,5-14H2,1-4H3/t15-,16-,17-,18+,19-,20+,21+,22+,24+,25-/m1/s1. The molecule has 0 radical (unpaired) electrons. The topological polar surface area (TPSA) is 66.8 Å². The van der Waals surface area contributed by atoms with Crippen molar-refractivity contribution in [3.63, 3.8) is 0 Å². The summed E-state index contributed by atoms with van der Waals surface area (Å²) < 4.78 is 4.85. The highest BCUT2D eigenvalue weighted by molar-refractivity contribution is 5.69. The number of hydrogen-bond donors (Lipinski definition) is 2. The molecule has 0 saturated heterocycles. The van der Waals surface area contributed by atoms with Crippen LogP contribution in [0.15, 0.2) is 0 Å². The Hall–Kier alpha value is -0.610. The first kappa shape index (κ1) is 21.6. The summed E-state index contributed by atoms with van der Waals surface area (Å²) in [4.78, 5) is 11.6. The SMILES string of the molecule is COC(=O)CC[C@@H](C)[C@H]1CC[C@H]2[C@@H]3CC[C@@H]4C[C@H](O)CC[C@]4(C)[C@H]3C[C@H](O)[C@]12C. The van der Waals surface area contributed by atoms with Crippen molar-refractivity contribution in [3.8, 4) is 0 Å². The van der Waals surface area contributed by atoms with Gasteiger partial charge in [-0.3, -0.25) is 4.79 Å². The quantitative estimate of drug-likeness (QED) is 0.671. The van der Waals surface area contributed by atoms with Crippen molar-refractivity contribution >= 4 is 5.97 Å². The average molecular weight is 407 g/mol. The molecule has 2 N–H and O–H groups in total. The maximum Gasteiger partial charge on any atom is 0.305 e. The third-order valence-corrected chi connectivity index (χ3v) is 10.5. The molecule has 29 heavy (non-hydrogen) atoms. The lowest BCUT2D eigenvalue weighted by atomic mass is 9.43. The van der Waals surface area contributed by atoms with Crippen LogP contribution < -0.4 is 0 Å². The minimum absolute atomic E-state index is 0.0198. The molecule has 0 aromatic heterocycles. The number of hydrogen-bond acceptors (Lipinski definition) is 4. The van der Waals surface area contributed by atoms with Gasteiger partial charge in [-0.2, -0.15) is 0 Å². The summed E-state index contributed by atoms with van der Waals surface area (Å²) in [6.45, 7) is 7.12. The van der Waals surface area contributed by atoms with Gasteiger partial charge in [0.1, 0.15) is 0 Å². The van der Waals surface area contributed by atoms with E-state index < -0.39 is 0 Å². The van der Waals surface area contributed by atoms with Crippen LogP contribution in [0.4, 0.5) is 0 Å². The van der Waals surface area contributed by atoms with Gasteiger partial charge >= 0.3 is 5.97 Å². The van der Waals surface area contributed by atoms with E-state index in [1.807, 2.05) is 0 Å². The zero-order valence-electron chi connectivity index (χ0n) is 18.9. The maximum absolute atomic E-state index is 11.6. The summed E-state index contributed by atoms with van der Waals surface area (Å²) in [5, 5.41) is 21.8. The number of fused-ring (bicyclic) bond motifs is 5. The Labute approximate surface area is 176 Å². The molecule has 4 aliphatic rings. The van der Waals surface area contributed by atoms with Crippen LogP contribution in [0.5, 0.6) is 0 Å².